The van der Waals surface area contributed by atoms with Gasteiger partial charge in [-0.3, -0.25) is 4.90 Å². The van der Waals surface area contributed by atoms with Crippen LogP contribution in [0.25, 0.3) is 0 Å². The number of likely N-dealkylation sites (tertiary alicyclic amines) is 1. The molecule has 4 nitrogen and oxygen atoms in total. The van der Waals surface area contributed by atoms with Gasteiger partial charge < -0.3 is 14.4 Å². The lowest BCUT2D eigenvalue weighted by molar-refractivity contribution is 0.133. The Labute approximate surface area is 187 Å². The number of piperidine rings is 1. The van der Waals surface area contributed by atoms with Crippen molar-refractivity contribution in [2.75, 3.05) is 46.9 Å². The van der Waals surface area contributed by atoms with E-state index in [1.807, 2.05) is 12.1 Å². The van der Waals surface area contributed by atoms with Gasteiger partial charge in [0.15, 0.2) is 0 Å². The molecule has 1 heterocycles. The molecule has 170 valence electrons. The molecule has 1 fully saturated rings. The van der Waals surface area contributed by atoms with E-state index in [1.165, 1.54) is 24.5 Å². The molecule has 5 heteroatoms. The molecule has 0 spiro atoms. The van der Waals surface area contributed by atoms with Crippen LogP contribution < -0.4 is 4.74 Å². The molecule has 1 aliphatic rings. The van der Waals surface area contributed by atoms with E-state index in [9.17, 15) is 4.39 Å². The SMILES string of the molecule is CCN(Cc1ccc(OC)c(COC)c1)C[C@H]1CCCN(CCc2cccc(F)c2)C1. The van der Waals surface area contributed by atoms with Gasteiger partial charge in [0.25, 0.3) is 0 Å². The van der Waals surface area contributed by atoms with Crippen LogP contribution in [0.1, 0.15) is 36.5 Å². The summed E-state index contributed by atoms with van der Waals surface area (Å²) in [6, 6.07) is 13.4. The number of rotatable bonds is 11. The molecule has 0 saturated carbocycles. The molecule has 1 atom stereocenters. The average Bonchev–Trinajstić information content (AvgIpc) is 2.78. The summed E-state index contributed by atoms with van der Waals surface area (Å²) in [6.07, 6.45) is 3.44. The van der Waals surface area contributed by atoms with Crippen molar-refractivity contribution in [3.05, 3.63) is 65.0 Å². The summed E-state index contributed by atoms with van der Waals surface area (Å²) in [5, 5.41) is 0. The molecule has 2 aromatic rings. The highest BCUT2D eigenvalue weighted by atomic mass is 19.1. The van der Waals surface area contributed by atoms with Gasteiger partial charge in [-0.2, -0.15) is 0 Å². The quantitative estimate of drug-likeness (QED) is 0.515. The zero-order valence-corrected chi connectivity index (χ0v) is 19.3. The van der Waals surface area contributed by atoms with Crippen molar-refractivity contribution in [1.29, 1.82) is 0 Å². The van der Waals surface area contributed by atoms with E-state index in [0.29, 0.717) is 12.5 Å². The summed E-state index contributed by atoms with van der Waals surface area (Å²) in [5.74, 6) is 1.42. The van der Waals surface area contributed by atoms with Gasteiger partial charge >= 0.3 is 0 Å². The molecule has 0 bridgehead atoms. The van der Waals surface area contributed by atoms with Crippen molar-refractivity contribution in [2.45, 2.75) is 39.3 Å². The van der Waals surface area contributed by atoms with E-state index in [0.717, 1.165) is 62.6 Å². The van der Waals surface area contributed by atoms with E-state index in [1.54, 1.807) is 26.4 Å². The Morgan fingerprint density at radius 2 is 2.00 bits per heavy atom. The second kappa shape index (κ2) is 12.2. The molecule has 1 saturated heterocycles. The third kappa shape index (κ3) is 7.30. The minimum atomic E-state index is -0.139. The monoisotopic (exact) mass is 428 g/mol. The molecule has 1 aliphatic heterocycles. The Hall–Kier alpha value is -1.95. The largest absolute Gasteiger partial charge is 0.496 e. The summed E-state index contributed by atoms with van der Waals surface area (Å²) in [5.41, 5.74) is 3.48. The van der Waals surface area contributed by atoms with Crippen LogP contribution in [0.4, 0.5) is 4.39 Å². The molecule has 0 radical (unpaired) electrons. The maximum atomic E-state index is 13.4. The van der Waals surface area contributed by atoms with Crippen LogP contribution in [0.5, 0.6) is 5.75 Å². The molecule has 0 N–H and O–H groups in total. The molecule has 31 heavy (non-hydrogen) atoms. The predicted octanol–water partition coefficient (Wildman–Crippen LogP) is 4.76. The first-order valence-corrected chi connectivity index (χ1v) is 11.4. The number of halogens is 1. The zero-order valence-electron chi connectivity index (χ0n) is 19.3. The standard InChI is InChI=1S/C26H37FN2O2/c1-4-28(17-22-10-11-26(31-3)24(15-22)20-30-2)18-23-8-6-13-29(19-23)14-12-21-7-5-9-25(27)16-21/h5,7,9-11,15-16,23H,4,6,8,12-14,17-20H2,1-3H3/t23-/m1/s1. The lowest BCUT2D eigenvalue weighted by atomic mass is 9.96. The van der Waals surface area contributed by atoms with Gasteiger partial charge in [0, 0.05) is 38.9 Å². The topological polar surface area (TPSA) is 24.9 Å². The van der Waals surface area contributed by atoms with Gasteiger partial charge in [-0.1, -0.05) is 25.1 Å². The first-order chi connectivity index (χ1) is 15.1. The molecule has 0 aromatic heterocycles. The van der Waals surface area contributed by atoms with Crippen molar-refractivity contribution in [2.24, 2.45) is 5.92 Å². The Kier molecular flexibility index (Phi) is 9.31. The Morgan fingerprint density at radius 1 is 1.13 bits per heavy atom. The van der Waals surface area contributed by atoms with Gasteiger partial charge in [-0.15, -0.1) is 0 Å². The second-order valence-electron chi connectivity index (χ2n) is 8.60. The van der Waals surface area contributed by atoms with Crippen LogP contribution in [0.15, 0.2) is 42.5 Å². The van der Waals surface area contributed by atoms with Gasteiger partial charge in [-0.05, 0) is 73.7 Å². The van der Waals surface area contributed by atoms with E-state index < -0.39 is 0 Å². The lowest BCUT2D eigenvalue weighted by Gasteiger charge is -2.35. The molecule has 0 aliphatic carbocycles. The first kappa shape index (κ1) is 23.7. The van der Waals surface area contributed by atoms with Crippen LogP contribution in [0.3, 0.4) is 0 Å². The highest BCUT2D eigenvalue weighted by Crippen LogP contribution is 2.23. The molecular weight excluding hydrogens is 391 g/mol. The van der Waals surface area contributed by atoms with Crippen LogP contribution in [0.2, 0.25) is 0 Å². The highest BCUT2D eigenvalue weighted by molar-refractivity contribution is 5.37. The molecular formula is C26H37FN2O2. The Morgan fingerprint density at radius 3 is 2.74 bits per heavy atom. The van der Waals surface area contributed by atoms with E-state index in [2.05, 4.69) is 28.9 Å². The average molecular weight is 429 g/mol. The zero-order chi connectivity index (χ0) is 22.1. The smallest absolute Gasteiger partial charge is 0.124 e. The highest BCUT2D eigenvalue weighted by Gasteiger charge is 2.22. The summed E-state index contributed by atoms with van der Waals surface area (Å²) < 4.78 is 24.2. The van der Waals surface area contributed by atoms with Crippen LogP contribution in [0, 0.1) is 11.7 Å². The fourth-order valence-corrected chi connectivity index (χ4v) is 4.61. The molecule has 0 amide bonds. The number of methoxy groups -OCH3 is 2. The lowest BCUT2D eigenvalue weighted by Crippen LogP contribution is -2.41. The normalized spacial score (nSPS) is 17.3. The fraction of sp³-hybridized carbons (Fsp3) is 0.538. The number of hydrogen-bond acceptors (Lipinski definition) is 4. The molecule has 2 aromatic carbocycles. The summed E-state index contributed by atoms with van der Waals surface area (Å²) in [7, 11) is 3.42. The summed E-state index contributed by atoms with van der Waals surface area (Å²) in [4.78, 5) is 5.09. The van der Waals surface area contributed by atoms with Gasteiger partial charge in [0.05, 0.1) is 13.7 Å². The van der Waals surface area contributed by atoms with E-state index in [-0.39, 0.29) is 5.82 Å². The first-order valence-electron chi connectivity index (χ1n) is 11.4. The molecule has 3 rings (SSSR count). The summed E-state index contributed by atoms with van der Waals surface area (Å²) in [6.45, 7) is 9.17. The predicted molar refractivity (Wildman–Crippen MR) is 124 cm³/mol. The maximum Gasteiger partial charge on any atom is 0.124 e. The second-order valence-corrected chi connectivity index (χ2v) is 8.60. The van der Waals surface area contributed by atoms with Crippen LogP contribution in [-0.4, -0.2) is 56.7 Å². The van der Waals surface area contributed by atoms with E-state index >= 15 is 0 Å². The Bertz CT molecular complexity index is 814. The molecule has 0 unspecified atom stereocenters. The van der Waals surface area contributed by atoms with Gasteiger partial charge in [0.1, 0.15) is 11.6 Å². The van der Waals surface area contributed by atoms with Gasteiger partial charge in [-0.25, -0.2) is 4.39 Å². The van der Waals surface area contributed by atoms with Crippen LogP contribution in [-0.2, 0) is 24.3 Å². The third-order valence-electron chi connectivity index (χ3n) is 6.22. The van der Waals surface area contributed by atoms with Crippen molar-refractivity contribution in [3.63, 3.8) is 0 Å². The van der Waals surface area contributed by atoms with Crippen molar-refractivity contribution in [3.8, 4) is 5.75 Å². The van der Waals surface area contributed by atoms with Crippen molar-refractivity contribution in [1.82, 2.24) is 9.80 Å². The fourth-order valence-electron chi connectivity index (χ4n) is 4.61. The minimum Gasteiger partial charge on any atom is -0.496 e. The number of nitrogens with zero attached hydrogens (tertiary/aromatic N) is 2. The maximum absolute atomic E-state index is 13.4. The van der Waals surface area contributed by atoms with Crippen molar-refractivity contribution >= 4 is 0 Å². The summed E-state index contributed by atoms with van der Waals surface area (Å²) >= 11 is 0. The van der Waals surface area contributed by atoms with Crippen molar-refractivity contribution < 1.29 is 13.9 Å². The number of ether oxygens (including phenoxy) is 2. The van der Waals surface area contributed by atoms with Gasteiger partial charge in [0.2, 0.25) is 0 Å². The van der Waals surface area contributed by atoms with E-state index in [4.69, 9.17) is 9.47 Å². The number of hydrogen-bond donors (Lipinski definition) is 0. The third-order valence-corrected chi connectivity index (χ3v) is 6.22. The van der Waals surface area contributed by atoms with Crippen LogP contribution >= 0.6 is 0 Å². The Balaban J connectivity index is 1.53. The minimum absolute atomic E-state index is 0.139. The number of benzene rings is 2.